The molecule has 0 aromatic carbocycles. The van der Waals surface area contributed by atoms with Gasteiger partial charge < -0.3 is 9.88 Å². The zero-order valence-corrected chi connectivity index (χ0v) is 10.8. The van der Waals surface area contributed by atoms with Gasteiger partial charge >= 0.3 is 0 Å². The van der Waals surface area contributed by atoms with Crippen molar-refractivity contribution in [3.8, 4) is 0 Å². The van der Waals surface area contributed by atoms with Crippen LogP contribution in [-0.2, 0) is 0 Å². The number of carbonyl (C=O) groups is 1. The lowest BCUT2D eigenvalue weighted by molar-refractivity contribution is 0.0955. The molecule has 0 radical (unpaired) electrons. The topological polar surface area (TPSA) is 51.1 Å². The van der Waals surface area contributed by atoms with Gasteiger partial charge in [-0.1, -0.05) is 6.08 Å². The van der Waals surface area contributed by atoms with Crippen molar-refractivity contribution in [3.05, 3.63) is 45.9 Å². The molecule has 1 N–H and O–H groups in total. The van der Waals surface area contributed by atoms with E-state index in [0.29, 0.717) is 6.54 Å². The number of hydrogen-bond donors (Lipinski definition) is 1. The minimum Gasteiger partial charge on any atom is -0.348 e. The summed E-state index contributed by atoms with van der Waals surface area (Å²) >= 11 is 0. The van der Waals surface area contributed by atoms with Crippen LogP contribution < -0.4 is 10.9 Å². The van der Waals surface area contributed by atoms with Crippen LogP contribution in [-0.4, -0.2) is 17.0 Å². The Morgan fingerprint density at radius 1 is 1.56 bits per heavy atom. The molecule has 1 saturated carbocycles. The van der Waals surface area contributed by atoms with Crippen molar-refractivity contribution >= 4 is 5.91 Å². The molecule has 4 heteroatoms. The molecule has 0 bridgehead atoms. The summed E-state index contributed by atoms with van der Waals surface area (Å²) in [6, 6.07) is 2.19. The van der Waals surface area contributed by atoms with Gasteiger partial charge in [0.1, 0.15) is 5.56 Å². The largest absolute Gasteiger partial charge is 0.348 e. The van der Waals surface area contributed by atoms with Gasteiger partial charge in [-0.2, -0.15) is 0 Å². The van der Waals surface area contributed by atoms with Crippen LogP contribution in [0.3, 0.4) is 0 Å². The fraction of sp³-hybridized carbons (Fsp3) is 0.429. The van der Waals surface area contributed by atoms with Crippen LogP contribution >= 0.6 is 0 Å². The summed E-state index contributed by atoms with van der Waals surface area (Å²) in [7, 11) is 0. The molecule has 1 aliphatic rings. The normalized spacial score (nSPS) is 14.3. The number of hydrogen-bond acceptors (Lipinski definition) is 2. The third kappa shape index (κ3) is 2.23. The van der Waals surface area contributed by atoms with Crippen molar-refractivity contribution in [3.63, 3.8) is 0 Å². The third-order valence-electron chi connectivity index (χ3n) is 3.18. The number of amides is 1. The SMILES string of the molecule is C=CCNC(=O)c1c(C)cc(C)n(C2CC2)c1=O. The molecule has 96 valence electrons. The van der Waals surface area contributed by atoms with Crippen LogP contribution in [0.15, 0.2) is 23.5 Å². The van der Waals surface area contributed by atoms with Crippen LogP contribution in [0.1, 0.15) is 40.5 Å². The van der Waals surface area contributed by atoms with E-state index in [-0.39, 0.29) is 23.1 Å². The van der Waals surface area contributed by atoms with Crippen molar-refractivity contribution in [1.29, 1.82) is 0 Å². The summed E-state index contributed by atoms with van der Waals surface area (Å²) in [4.78, 5) is 24.4. The third-order valence-corrected chi connectivity index (χ3v) is 3.18. The number of aryl methyl sites for hydroxylation is 2. The van der Waals surface area contributed by atoms with Gasteiger partial charge in [-0.3, -0.25) is 9.59 Å². The van der Waals surface area contributed by atoms with Crippen LogP contribution in [0.2, 0.25) is 0 Å². The van der Waals surface area contributed by atoms with Gasteiger partial charge in [0, 0.05) is 18.3 Å². The van der Waals surface area contributed by atoms with Gasteiger partial charge in [0.2, 0.25) is 0 Å². The Morgan fingerprint density at radius 3 is 2.78 bits per heavy atom. The van der Waals surface area contributed by atoms with Crippen molar-refractivity contribution in [2.24, 2.45) is 0 Å². The highest BCUT2D eigenvalue weighted by molar-refractivity contribution is 5.95. The number of nitrogens with one attached hydrogen (secondary N) is 1. The fourth-order valence-corrected chi connectivity index (χ4v) is 2.22. The standard InChI is InChI=1S/C14H18N2O2/c1-4-7-15-13(17)12-9(2)8-10(3)16(14(12)18)11-5-6-11/h4,8,11H,1,5-7H2,2-3H3,(H,15,17). The Morgan fingerprint density at radius 2 is 2.22 bits per heavy atom. The van der Waals surface area contributed by atoms with Crippen molar-refractivity contribution in [1.82, 2.24) is 9.88 Å². The zero-order valence-electron chi connectivity index (χ0n) is 10.8. The fourth-order valence-electron chi connectivity index (χ4n) is 2.22. The Balaban J connectivity index is 2.46. The van der Waals surface area contributed by atoms with Gasteiger partial charge in [-0.05, 0) is 38.3 Å². The molecule has 18 heavy (non-hydrogen) atoms. The summed E-state index contributed by atoms with van der Waals surface area (Å²) in [6.07, 6.45) is 3.65. The summed E-state index contributed by atoms with van der Waals surface area (Å²) < 4.78 is 1.75. The lowest BCUT2D eigenvalue weighted by Crippen LogP contribution is -2.34. The first-order valence-corrected chi connectivity index (χ1v) is 6.18. The van der Waals surface area contributed by atoms with E-state index in [4.69, 9.17) is 0 Å². The van der Waals surface area contributed by atoms with Crippen LogP contribution in [0.25, 0.3) is 0 Å². The molecule has 0 unspecified atom stereocenters. The van der Waals surface area contributed by atoms with E-state index in [1.807, 2.05) is 13.0 Å². The van der Waals surface area contributed by atoms with Gasteiger partial charge in [-0.15, -0.1) is 6.58 Å². The predicted molar refractivity (Wildman–Crippen MR) is 71.0 cm³/mol. The Hall–Kier alpha value is -1.84. The molecule has 1 aromatic heterocycles. The molecule has 1 aliphatic carbocycles. The minimum absolute atomic E-state index is 0.170. The van der Waals surface area contributed by atoms with E-state index in [0.717, 1.165) is 24.1 Å². The van der Waals surface area contributed by atoms with Crippen molar-refractivity contribution in [2.75, 3.05) is 6.54 Å². The van der Waals surface area contributed by atoms with Crippen molar-refractivity contribution in [2.45, 2.75) is 32.7 Å². The summed E-state index contributed by atoms with van der Waals surface area (Å²) in [5.41, 5.74) is 1.75. The Kier molecular flexibility index (Phi) is 3.36. The first-order chi connectivity index (χ1) is 8.56. The first kappa shape index (κ1) is 12.6. The molecule has 0 saturated heterocycles. The second-order valence-electron chi connectivity index (χ2n) is 4.75. The maximum absolute atomic E-state index is 12.4. The first-order valence-electron chi connectivity index (χ1n) is 6.18. The summed E-state index contributed by atoms with van der Waals surface area (Å²) in [5.74, 6) is -0.313. The molecule has 1 amide bonds. The molecule has 4 nitrogen and oxygen atoms in total. The molecule has 0 spiro atoms. The van der Waals surface area contributed by atoms with Crippen LogP contribution in [0, 0.1) is 13.8 Å². The molecular weight excluding hydrogens is 228 g/mol. The molecule has 0 atom stereocenters. The molecule has 1 heterocycles. The van der Waals surface area contributed by atoms with Gasteiger partial charge in [0.05, 0.1) is 0 Å². The second kappa shape index (κ2) is 4.80. The molecule has 1 fully saturated rings. The zero-order chi connectivity index (χ0) is 13.3. The number of pyridine rings is 1. The van der Waals surface area contributed by atoms with Gasteiger partial charge in [0.15, 0.2) is 0 Å². The van der Waals surface area contributed by atoms with Crippen molar-refractivity contribution < 1.29 is 4.79 Å². The van der Waals surface area contributed by atoms with E-state index < -0.39 is 0 Å². The number of carbonyl (C=O) groups excluding carboxylic acids is 1. The quantitative estimate of drug-likeness (QED) is 0.822. The monoisotopic (exact) mass is 246 g/mol. The maximum Gasteiger partial charge on any atom is 0.264 e. The van der Waals surface area contributed by atoms with Gasteiger partial charge in [-0.25, -0.2) is 0 Å². The van der Waals surface area contributed by atoms with E-state index in [9.17, 15) is 9.59 Å². The van der Waals surface area contributed by atoms with Crippen LogP contribution in [0.4, 0.5) is 0 Å². The smallest absolute Gasteiger partial charge is 0.264 e. The number of nitrogens with zero attached hydrogens (tertiary/aromatic N) is 1. The summed E-state index contributed by atoms with van der Waals surface area (Å²) in [5, 5.41) is 2.67. The molecule has 1 aromatic rings. The molecule has 0 aliphatic heterocycles. The Labute approximate surface area is 106 Å². The van der Waals surface area contributed by atoms with E-state index in [2.05, 4.69) is 11.9 Å². The highest BCUT2D eigenvalue weighted by Gasteiger charge is 2.28. The average Bonchev–Trinajstić information content (AvgIpc) is 3.09. The number of rotatable bonds is 4. The van der Waals surface area contributed by atoms with Crippen LogP contribution in [0.5, 0.6) is 0 Å². The second-order valence-corrected chi connectivity index (χ2v) is 4.75. The minimum atomic E-state index is -0.313. The highest BCUT2D eigenvalue weighted by Crippen LogP contribution is 2.34. The molecular formula is C14H18N2O2. The average molecular weight is 246 g/mol. The summed E-state index contributed by atoms with van der Waals surface area (Å²) in [6.45, 7) is 7.63. The lowest BCUT2D eigenvalue weighted by atomic mass is 10.1. The maximum atomic E-state index is 12.4. The molecule has 2 rings (SSSR count). The van der Waals surface area contributed by atoms with E-state index in [1.54, 1.807) is 17.6 Å². The van der Waals surface area contributed by atoms with E-state index in [1.165, 1.54) is 0 Å². The van der Waals surface area contributed by atoms with E-state index >= 15 is 0 Å². The highest BCUT2D eigenvalue weighted by atomic mass is 16.2. The Bertz CT molecular complexity index is 554. The predicted octanol–water partition coefficient (Wildman–Crippen LogP) is 1.72. The number of aromatic nitrogens is 1. The lowest BCUT2D eigenvalue weighted by Gasteiger charge is -2.13. The van der Waals surface area contributed by atoms with Gasteiger partial charge in [0.25, 0.3) is 11.5 Å².